The highest BCUT2D eigenvalue weighted by Crippen LogP contribution is 2.09. The second-order valence-corrected chi connectivity index (χ2v) is 3.21. The smallest absolute Gasteiger partial charge is 0.201 e. The first kappa shape index (κ1) is 9.96. The lowest BCUT2D eigenvalue weighted by Crippen LogP contribution is -2.16. The summed E-state index contributed by atoms with van der Waals surface area (Å²) in [5.74, 6) is 0.818. The van der Waals surface area contributed by atoms with E-state index in [4.69, 9.17) is 0 Å². The average Bonchev–Trinajstić information content (AvgIpc) is 2.62. The molecule has 0 saturated carbocycles. The summed E-state index contributed by atoms with van der Waals surface area (Å²) >= 11 is 0. The number of imidazole rings is 1. The van der Waals surface area contributed by atoms with Gasteiger partial charge in [0, 0.05) is 24.9 Å². The van der Waals surface area contributed by atoms with E-state index in [1.807, 2.05) is 31.5 Å². The Morgan fingerprint density at radius 3 is 2.85 bits per heavy atom. The second-order valence-electron chi connectivity index (χ2n) is 3.21. The van der Waals surface area contributed by atoms with Crippen LogP contribution in [-0.2, 0) is 6.54 Å². The molecular formula is C10H16N2O. The van der Waals surface area contributed by atoms with Gasteiger partial charge in [0.1, 0.15) is 0 Å². The molecule has 3 heteroatoms. The van der Waals surface area contributed by atoms with Crippen LogP contribution in [0.3, 0.4) is 0 Å². The van der Waals surface area contributed by atoms with E-state index in [2.05, 4.69) is 4.98 Å². The predicted octanol–water partition coefficient (Wildman–Crippen LogP) is 2.13. The molecule has 0 bridgehead atoms. The van der Waals surface area contributed by atoms with Crippen molar-refractivity contribution in [2.75, 3.05) is 0 Å². The number of aryl methyl sites for hydroxylation is 1. The fraction of sp³-hybridized carbons (Fsp3) is 0.600. The van der Waals surface area contributed by atoms with E-state index in [1.165, 1.54) is 0 Å². The third kappa shape index (κ3) is 1.97. The topological polar surface area (TPSA) is 34.9 Å². The quantitative estimate of drug-likeness (QED) is 0.665. The van der Waals surface area contributed by atoms with Crippen molar-refractivity contribution in [2.45, 2.75) is 33.7 Å². The minimum Gasteiger partial charge on any atom is -0.329 e. The highest BCUT2D eigenvalue weighted by molar-refractivity contribution is 5.94. The van der Waals surface area contributed by atoms with Crippen molar-refractivity contribution in [1.29, 1.82) is 0 Å². The number of rotatable bonds is 4. The van der Waals surface area contributed by atoms with Crippen LogP contribution < -0.4 is 0 Å². The van der Waals surface area contributed by atoms with Crippen LogP contribution in [0, 0.1) is 5.92 Å². The van der Waals surface area contributed by atoms with Crippen molar-refractivity contribution in [1.82, 2.24) is 9.55 Å². The molecule has 0 aliphatic carbocycles. The lowest BCUT2D eigenvalue weighted by molar-refractivity contribution is 0.0912. The molecular weight excluding hydrogens is 164 g/mol. The summed E-state index contributed by atoms with van der Waals surface area (Å²) in [5, 5.41) is 0. The lowest BCUT2D eigenvalue weighted by atomic mass is 10.0. The number of hydrogen-bond acceptors (Lipinski definition) is 2. The Balaban J connectivity index is 2.88. The third-order valence-electron chi connectivity index (χ3n) is 2.34. The van der Waals surface area contributed by atoms with Gasteiger partial charge in [-0.1, -0.05) is 13.8 Å². The van der Waals surface area contributed by atoms with Crippen LogP contribution in [0.1, 0.15) is 37.8 Å². The molecule has 0 N–H and O–H groups in total. The second kappa shape index (κ2) is 4.21. The van der Waals surface area contributed by atoms with Crippen LogP contribution >= 0.6 is 0 Å². The molecule has 0 amide bonds. The van der Waals surface area contributed by atoms with Crippen molar-refractivity contribution in [3.8, 4) is 0 Å². The highest BCUT2D eigenvalue weighted by Gasteiger charge is 2.17. The number of aromatic nitrogens is 2. The van der Waals surface area contributed by atoms with Crippen LogP contribution in [0.2, 0.25) is 0 Å². The molecule has 0 radical (unpaired) electrons. The summed E-state index contributed by atoms with van der Waals surface area (Å²) < 4.78 is 1.88. The van der Waals surface area contributed by atoms with Crippen molar-refractivity contribution < 1.29 is 4.79 Å². The van der Waals surface area contributed by atoms with Crippen molar-refractivity contribution in [2.24, 2.45) is 5.92 Å². The zero-order chi connectivity index (χ0) is 9.84. The van der Waals surface area contributed by atoms with E-state index >= 15 is 0 Å². The molecule has 13 heavy (non-hydrogen) atoms. The minimum absolute atomic E-state index is 0.0766. The standard InChI is InChI=1S/C10H16N2O/c1-4-8(3)9(13)10-11-6-7-12(10)5-2/h6-8H,4-5H2,1-3H3. The summed E-state index contributed by atoms with van der Waals surface area (Å²) in [7, 11) is 0. The van der Waals surface area contributed by atoms with Gasteiger partial charge in [0.15, 0.2) is 5.82 Å². The van der Waals surface area contributed by atoms with Gasteiger partial charge in [0.2, 0.25) is 5.78 Å². The zero-order valence-corrected chi connectivity index (χ0v) is 8.45. The fourth-order valence-electron chi connectivity index (χ4n) is 1.20. The number of carbonyl (C=O) groups is 1. The van der Waals surface area contributed by atoms with E-state index in [-0.39, 0.29) is 11.7 Å². The monoisotopic (exact) mass is 180 g/mol. The number of hydrogen-bond donors (Lipinski definition) is 0. The zero-order valence-electron chi connectivity index (χ0n) is 8.45. The van der Waals surface area contributed by atoms with Gasteiger partial charge in [0.25, 0.3) is 0 Å². The molecule has 0 saturated heterocycles. The van der Waals surface area contributed by atoms with Gasteiger partial charge in [-0.2, -0.15) is 0 Å². The molecule has 1 rings (SSSR count). The van der Waals surface area contributed by atoms with E-state index in [1.54, 1.807) is 6.20 Å². The van der Waals surface area contributed by atoms with Crippen LogP contribution in [0.15, 0.2) is 12.4 Å². The summed E-state index contributed by atoms with van der Waals surface area (Å²) in [5.41, 5.74) is 0. The molecule has 0 fully saturated rings. The molecule has 1 aromatic heterocycles. The van der Waals surface area contributed by atoms with Crippen LogP contribution in [0.5, 0.6) is 0 Å². The Morgan fingerprint density at radius 2 is 2.31 bits per heavy atom. The Morgan fingerprint density at radius 1 is 1.62 bits per heavy atom. The molecule has 72 valence electrons. The normalized spacial score (nSPS) is 12.8. The average molecular weight is 180 g/mol. The third-order valence-corrected chi connectivity index (χ3v) is 2.34. The first-order chi connectivity index (χ1) is 6.20. The van der Waals surface area contributed by atoms with E-state index in [0.717, 1.165) is 13.0 Å². The molecule has 0 aliphatic heterocycles. The Bertz CT molecular complexity index is 291. The molecule has 1 heterocycles. The lowest BCUT2D eigenvalue weighted by Gasteiger charge is -2.07. The van der Waals surface area contributed by atoms with Gasteiger partial charge < -0.3 is 4.57 Å². The molecule has 0 aromatic carbocycles. The van der Waals surface area contributed by atoms with Gasteiger partial charge in [-0.05, 0) is 13.3 Å². The van der Waals surface area contributed by atoms with Gasteiger partial charge in [-0.3, -0.25) is 4.79 Å². The van der Waals surface area contributed by atoms with Gasteiger partial charge in [0.05, 0.1) is 0 Å². The molecule has 1 atom stereocenters. The summed E-state index contributed by atoms with van der Waals surface area (Å²) in [6.45, 7) is 6.77. The molecule has 1 aromatic rings. The van der Waals surface area contributed by atoms with Gasteiger partial charge in [-0.25, -0.2) is 4.98 Å². The predicted molar refractivity (Wildman–Crippen MR) is 51.7 cm³/mol. The van der Waals surface area contributed by atoms with Crippen LogP contribution in [-0.4, -0.2) is 15.3 Å². The van der Waals surface area contributed by atoms with Gasteiger partial charge in [-0.15, -0.1) is 0 Å². The number of Topliss-reactive ketones (excluding diaryl/α,β-unsaturated/α-hetero) is 1. The SMILES string of the molecule is CCC(C)C(=O)c1nccn1CC. The fourth-order valence-corrected chi connectivity index (χ4v) is 1.20. The molecule has 1 unspecified atom stereocenters. The first-order valence-electron chi connectivity index (χ1n) is 4.76. The maximum atomic E-state index is 11.7. The van der Waals surface area contributed by atoms with Crippen LogP contribution in [0.25, 0.3) is 0 Å². The molecule has 0 spiro atoms. The summed E-state index contributed by atoms with van der Waals surface area (Å²) in [6.07, 6.45) is 4.39. The Labute approximate surface area is 78.8 Å². The van der Waals surface area contributed by atoms with Gasteiger partial charge >= 0.3 is 0 Å². The summed E-state index contributed by atoms with van der Waals surface area (Å²) in [4.78, 5) is 15.8. The first-order valence-corrected chi connectivity index (χ1v) is 4.76. The number of ketones is 1. The number of carbonyl (C=O) groups excluding carboxylic acids is 1. The van der Waals surface area contributed by atoms with Crippen LogP contribution in [0.4, 0.5) is 0 Å². The van der Waals surface area contributed by atoms with Crippen molar-refractivity contribution >= 4 is 5.78 Å². The highest BCUT2D eigenvalue weighted by atomic mass is 16.1. The van der Waals surface area contributed by atoms with E-state index < -0.39 is 0 Å². The van der Waals surface area contributed by atoms with E-state index in [0.29, 0.717) is 5.82 Å². The Hall–Kier alpha value is -1.12. The van der Waals surface area contributed by atoms with Crippen molar-refractivity contribution in [3.63, 3.8) is 0 Å². The van der Waals surface area contributed by atoms with E-state index in [9.17, 15) is 4.79 Å². The van der Waals surface area contributed by atoms with Crippen molar-refractivity contribution in [3.05, 3.63) is 18.2 Å². The molecule has 3 nitrogen and oxygen atoms in total. The molecule has 0 aliphatic rings. The maximum Gasteiger partial charge on any atom is 0.201 e. The largest absolute Gasteiger partial charge is 0.329 e. The minimum atomic E-state index is 0.0766. The summed E-state index contributed by atoms with van der Waals surface area (Å²) in [6, 6.07) is 0. The Kier molecular flexibility index (Phi) is 3.23. The number of nitrogens with zero attached hydrogens (tertiary/aromatic N) is 2. The maximum absolute atomic E-state index is 11.7.